The van der Waals surface area contributed by atoms with Crippen molar-refractivity contribution in [1.29, 1.82) is 0 Å². The van der Waals surface area contributed by atoms with Crippen LogP contribution in [0.1, 0.15) is 16.2 Å². The molecular formula is C16H17ClN4O2. The first-order valence-corrected chi connectivity index (χ1v) is 7.78. The van der Waals surface area contributed by atoms with Crippen LogP contribution < -0.4 is 10.2 Å². The highest BCUT2D eigenvalue weighted by Gasteiger charge is 2.13. The summed E-state index contributed by atoms with van der Waals surface area (Å²) in [6, 6.07) is 8.61. The molecule has 3 rings (SSSR count). The van der Waals surface area contributed by atoms with Gasteiger partial charge in [-0.05, 0) is 30.3 Å². The number of amides is 1. The molecule has 2 heterocycles. The molecule has 120 valence electrons. The number of aromatic nitrogens is 2. The van der Waals surface area contributed by atoms with Crippen molar-refractivity contribution in [2.45, 2.75) is 6.54 Å². The maximum atomic E-state index is 12.1. The SMILES string of the molecule is O=C(NCc1nccc(N2CCOCC2)n1)c1ccc(Cl)cc1. The minimum Gasteiger partial charge on any atom is -0.378 e. The van der Waals surface area contributed by atoms with Crippen LogP contribution in [0.5, 0.6) is 0 Å². The van der Waals surface area contributed by atoms with Crippen LogP contribution in [0.3, 0.4) is 0 Å². The first-order valence-electron chi connectivity index (χ1n) is 7.41. The third kappa shape index (κ3) is 4.18. The number of carbonyl (C=O) groups is 1. The molecule has 1 aromatic heterocycles. The largest absolute Gasteiger partial charge is 0.378 e. The third-order valence-electron chi connectivity index (χ3n) is 3.54. The zero-order chi connectivity index (χ0) is 16.1. The topological polar surface area (TPSA) is 67.4 Å². The van der Waals surface area contributed by atoms with Gasteiger partial charge in [0, 0.05) is 29.9 Å². The second-order valence-corrected chi connectivity index (χ2v) is 5.56. The molecule has 0 radical (unpaired) electrons. The van der Waals surface area contributed by atoms with Crippen molar-refractivity contribution in [1.82, 2.24) is 15.3 Å². The molecule has 23 heavy (non-hydrogen) atoms. The first-order chi connectivity index (χ1) is 11.2. The maximum absolute atomic E-state index is 12.1. The molecule has 0 spiro atoms. The Morgan fingerprint density at radius 1 is 1.22 bits per heavy atom. The highest BCUT2D eigenvalue weighted by atomic mass is 35.5. The molecule has 1 aliphatic rings. The molecular weight excluding hydrogens is 316 g/mol. The van der Waals surface area contributed by atoms with Gasteiger partial charge in [-0.1, -0.05) is 11.6 Å². The van der Waals surface area contributed by atoms with Gasteiger partial charge in [-0.25, -0.2) is 9.97 Å². The average Bonchev–Trinajstić information content (AvgIpc) is 2.61. The monoisotopic (exact) mass is 332 g/mol. The van der Waals surface area contributed by atoms with Crippen molar-refractivity contribution in [3.63, 3.8) is 0 Å². The second kappa shape index (κ2) is 7.39. The van der Waals surface area contributed by atoms with E-state index in [2.05, 4.69) is 20.2 Å². The summed E-state index contributed by atoms with van der Waals surface area (Å²) in [4.78, 5) is 22.9. The fourth-order valence-corrected chi connectivity index (χ4v) is 2.43. The number of benzene rings is 1. The number of hydrogen-bond donors (Lipinski definition) is 1. The van der Waals surface area contributed by atoms with E-state index >= 15 is 0 Å². The van der Waals surface area contributed by atoms with Crippen LogP contribution in [0.25, 0.3) is 0 Å². The van der Waals surface area contributed by atoms with Gasteiger partial charge in [-0.15, -0.1) is 0 Å². The molecule has 0 unspecified atom stereocenters. The van der Waals surface area contributed by atoms with Crippen molar-refractivity contribution >= 4 is 23.3 Å². The smallest absolute Gasteiger partial charge is 0.251 e. The van der Waals surface area contributed by atoms with E-state index in [-0.39, 0.29) is 12.5 Å². The quantitative estimate of drug-likeness (QED) is 0.926. The Morgan fingerprint density at radius 3 is 2.70 bits per heavy atom. The number of ether oxygens (including phenoxy) is 1. The molecule has 0 atom stereocenters. The van der Waals surface area contributed by atoms with Gasteiger partial charge in [0.05, 0.1) is 19.8 Å². The molecule has 0 aliphatic carbocycles. The lowest BCUT2D eigenvalue weighted by Crippen LogP contribution is -2.37. The lowest BCUT2D eigenvalue weighted by atomic mass is 10.2. The van der Waals surface area contributed by atoms with Gasteiger partial charge in [-0.2, -0.15) is 0 Å². The number of hydrogen-bond acceptors (Lipinski definition) is 5. The Labute approximate surface area is 139 Å². The Morgan fingerprint density at radius 2 is 1.96 bits per heavy atom. The maximum Gasteiger partial charge on any atom is 0.251 e. The van der Waals surface area contributed by atoms with Gasteiger partial charge >= 0.3 is 0 Å². The van der Waals surface area contributed by atoms with E-state index in [4.69, 9.17) is 16.3 Å². The van der Waals surface area contributed by atoms with Crippen molar-refractivity contribution in [2.24, 2.45) is 0 Å². The van der Waals surface area contributed by atoms with Crippen LogP contribution in [0.15, 0.2) is 36.5 Å². The summed E-state index contributed by atoms with van der Waals surface area (Å²) in [5.41, 5.74) is 0.554. The van der Waals surface area contributed by atoms with Gasteiger partial charge in [0.2, 0.25) is 0 Å². The number of halogens is 1. The Hall–Kier alpha value is -2.18. The Balaban J connectivity index is 1.61. The van der Waals surface area contributed by atoms with E-state index in [1.54, 1.807) is 30.5 Å². The predicted octanol–water partition coefficient (Wildman–Crippen LogP) is 1.90. The lowest BCUT2D eigenvalue weighted by Gasteiger charge is -2.27. The Bertz CT molecular complexity index is 672. The van der Waals surface area contributed by atoms with Crippen LogP contribution >= 0.6 is 11.6 Å². The van der Waals surface area contributed by atoms with E-state index in [0.717, 1.165) is 18.9 Å². The predicted molar refractivity (Wildman–Crippen MR) is 87.7 cm³/mol. The molecule has 0 bridgehead atoms. The number of morpholine rings is 1. The molecule has 1 N–H and O–H groups in total. The fraction of sp³-hybridized carbons (Fsp3) is 0.312. The van der Waals surface area contributed by atoms with E-state index in [0.29, 0.717) is 29.6 Å². The minimum atomic E-state index is -0.179. The second-order valence-electron chi connectivity index (χ2n) is 5.12. The molecule has 6 nitrogen and oxygen atoms in total. The third-order valence-corrected chi connectivity index (χ3v) is 3.79. The van der Waals surface area contributed by atoms with Crippen molar-refractivity contribution in [2.75, 3.05) is 31.2 Å². The minimum absolute atomic E-state index is 0.179. The van der Waals surface area contributed by atoms with Crippen LogP contribution in [-0.4, -0.2) is 42.2 Å². The summed E-state index contributed by atoms with van der Waals surface area (Å²) in [6.45, 7) is 3.31. The number of nitrogens with zero attached hydrogens (tertiary/aromatic N) is 3. The van der Waals surface area contributed by atoms with E-state index < -0.39 is 0 Å². The van der Waals surface area contributed by atoms with Crippen LogP contribution in [0.4, 0.5) is 5.82 Å². The fourth-order valence-electron chi connectivity index (χ4n) is 2.30. The van der Waals surface area contributed by atoms with Gasteiger partial charge < -0.3 is 15.0 Å². The van der Waals surface area contributed by atoms with E-state index in [1.165, 1.54) is 0 Å². The summed E-state index contributed by atoms with van der Waals surface area (Å²) < 4.78 is 5.34. The standard InChI is InChI=1S/C16H17ClN4O2/c17-13-3-1-12(2-4-13)16(22)19-11-14-18-6-5-15(20-14)21-7-9-23-10-8-21/h1-6H,7-11H2,(H,19,22). The van der Waals surface area contributed by atoms with Gasteiger partial charge in [0.1, 0.15) is 11.6 Å². The van der Waals surface area contributed by atoms with Gasteiger partial charge in [-0.3, -0.25) is 4.79 Å². The van der Waals surface area contributed by atoms with Gasteiger partial charge in [0.15, 0.2) is 0 Å². The number of nitrogens with one attached hydrogen (secondary N) is 1. The molecule has 1 fully saturated rings. The summed E-state index contributed by atoms with van der Waals surface area (Å²) in [5, 5.41) is 3.41. The summed E-state index contributed by atoms with van der Waals surface area (Å²) in [6.07, 6.45) is 1.71. The molecule has 1 amide bonds. The molecule has 2 aromatic rings. The highest BCUT2D eigenvalue weighted by Crippen LogP contribution is 2.12. The van der Waals surface area contributed by atoms with Crippen molar-refractivity contribution in [3.05, 3.63) is 52.9 Å². The molecule has 1 aromatic carbocycles. The van der Waals surface area contributed by atoms with Crippen molar-refractivity contribution in [3.8, 4) is 0 Å². The highest BCUT2D eigenvalue weighted by molar-refractivity contribution is 6.30. The summed E-state index contributed by atoms with van der Waals surface area (Å²) >= 11 is 5.82. The van der Waals surface area contributed by atoms with Crippen LogP contribution in [0.2, 0.25) is 5.02 Å². The molecule has 1 saturated heterocycles. The van der Waals surface area contributed by atoms with Crippen LogP contribution in [0, 0.1) is 0 Å². The van der Waals surface area contributed by atoms with E-state index in [9.17, 15) is 4.79 Å². The average molecular weight is 333 g/mol. The van der Waals surface area contributed by atoms with Gasteiger partial charge in [0.25, 0.3) is 5.91 Å². The summed E-state index contributed by atoms with van der Waals surface area (Å²) in [5.74, 6) is 1.26. The van der Waals surface area contributed by atoms with Crippen LogP contribution in [-0.2, 0) is 11.3 Å². The molecule has 7 heteroatoms. The first kappa shape index (κ1) is 15.7. The molecule has 0 saturated carbocycles. The number of rotatable bonds is 4. The Kier molecular flexibility index (Phi) is 5.05. The normalized spacial score (nSPS) is 14.6. The lowest BCUT2D eigenvalue weighted by molar-refractivity contribution is 0.0950. The van der Waals surface area contributed by atoms with Crippen molar-refractivity contribution < 1.29 is 9.53 Å². The number of anilines is 1. The van der Waals surface area contributed by atoms with E-state index in [1.807, 2.05) is 6.07 Å². The zero-order valence-corrected chi connectivity index (χ0v) is 13.3. The zero-order valence-electron chi connectivity index (χ0n) is 12.5. The summed E-state index contributed by atoms with van der Waals surface area (Å²) in [7, 11) is 0. The molecule has 1 aliphatic heterocycles. The number of carbonyl (C=O) groups excluding carboxylic acids is 1.